The van der Waals surface area contributed by atoms with Crippen molar-refractivity contribution in [3.05, 3.63) is 65.2 Å². The van der Waals surface area contributed by atoms with E-state index in [1.54, 1.807) is 0 Å². The molecule has 0 unspecified atom stereocenters. The summed E-state index contributed by atoms with van der Waals surface area (Å²) >= 11 is 5.96. The average molecular weight is 457 g/mol. The van der Waals surface area contributed by atoms with Crippen LogP contribution >= 0.6 is 11.6 Å². The van der Waals surface area contributed by atoms with Gasteiger partial charge in [0.15, 0.2) is 0 Å². The minimum atomic E-state index is -0.580. The Hall–Kier alpha value is -2.57. The van der Waals surface area contributed by atoms with E-state index in [1.165, 1.54) is 5.56 Å². The van der Waals surface area contributed by atoms with Crippen molar-refractivity contribution in [3.8, 4) is 0 Å². The highest BCUT2D eigenvalue weighted by atomic mass is 35.5. The molecular weight excluding hydrogens is 424 g/mol. The Labute approximate surface area is 195 Å². The van der Waals surface area contributed by atoms with Crippen molar-refractivity contribution < 1.29 is 9.59 Å². The van der Waals surface area contributed by atoms with Gasteiger partial charge in [0.05, 0.1) is 0 Å². The second-order valence-corrected chi connectivity index (χ2v) is 9.21. The van der Waals surface area contributed by atoms with Crippen molar-refractivity contribution in [2.24, 2.45) is 11.8 Å². The number of rotatable bonds is 8. The summed E-state index contributed by atoms with van der Waals surface area (Å²) in [4.78, 5) is 27.5. The summed E-state index contributed by atoms with van der Waals surface area (Å²) < 4.78 is 0. The minimum Gasteiger partial charge on any atom is -0.354 e. The molecular formula is C25H33ClN4O2. The third-order valence-corrected chi connectivity index (χ3v) is 6.11. The predicted octanol–water partition coefficient (Wildman–Crippen LogP) is 4.51. The number of benzene rings is 2. The average Bonchev–Trinajstić information content (AvgIpc) is 2.79. The normalized spacial score (nSPS) is 15.9. The van der Waals surface area contributed by atoms with Crippen molar-refractivity contribution in [3.63, 3.8) is 0 Å². The smallest absolute Gasteiger partial charge is 0.319 e. The van der Waals surface area contributed by atoms with Gasteiger partial charge < -0.3 is 16.0 Å². The molecule has 1 heterocycles. The van der Waals surface area contributed by atoms with E-state index in [0.717, 1.165) is 37.5 Å². The van der Waals surface area contributed by atoms with Crippen LogP contribution in [0.5, 0.6) is 0 Å². The molecule has 172 valence electrons. The molecule has 1 aliphatic heterocycles. The SMILES string of the molecule is CC(C)[C@H](NC(=O)Nc1ccccc1)C(=O)NCC1CCN(Cc2ccc(Cl)cc2)CC1. The molecule has 3 N–H and O–H groups in total. The number of anilines is 1. The number of para-hydroxylation sites is 1. The molecule has 7 heteroatoms. The van der Waals surface area contributed by atoms with E-state index in [2.05, 4.69) is 33.0 Å². The first kappa shape index (κ1) is 24.1. The topological polar surface area (TPSA) is 73.5 Å². The first-order valence-corrected chi connectivity index (χ1v) is 11.7. The maximum absolute atomic E-state index is 12.8. The van der Waals surface area contributed by atoms with Crippen LogP contribution in [0.4, 0.5) is 10.5 Å². The van der Waals surface area contributed by atoms with Gasteiger partial charge in [0.25, 0.3) is 0 Å². The van der Waals surface area contributed by atoms with E-state index in [9.17, 15) is 9.59 Å². The van der Waals surface area contributed by atoms with Crippen LogP contribution in [-0.4, -0.2) is 42.5 Å². The fourth-order valence-corrected chi connectivity index (χ4v) is 4.04. The van der Waals surface area contributed by atoms with Crippen molar-refractivity contribution in [2.75, 3.05) is 25.0 Å². The van der Waals surface area contributed by atoms with E-state index >= 15 is 0 Å². The highest BCUT2D eigenvalue weighted by Gasteiger charge is 2.26. The lowest BCUT2D eigenvalue weighted by Gasteiger charge is -2.32. The lowest BCUT2D eigenvalue weighted by atomic mass is 9.96. The van der Waals surface area contributed by atoms with Crippen molar-refractivity contribution in [1.82, 2.24) is 15.5 Å². The number of likely N-dealkylation sites (tertiary alicyclic amines) is 1. The Bertz CT molecular complexity index is 865. The molecule has 6 nitrogen and oxygen atoms in total. The van der Waals surface area contributed by atoms with E-state index in [4.69, 9.17) is 11.6 Å². The van der Waals surface area contributed by atoms with E-state index in [0.29, 0.717) is 18.2 Å². The molecule has 2 aromatic carbocycles. The van der Waals surface area contributed by atoms with Crippen LogP contribution in [0.15, 0.2) is 54.6 Å². The zero-order valence-electron chi connectivity index (χ0n) is 18.8. The molecule has 1 aliphatic rings. The van der Waals surface area contributed by atoms with Crippen LogP contribution in [0.2, 0.25) is 5.02 Å². The largest absolute Gasteiger partial charge is 0.354 e. The Morgan fingerprint density at radius 1 is 1.03 bits per heavy atom. The fourth-order valence-electron chi connectivity index (χ4n) is 3.92. The van der Waals surface area contributed by atoms with Gasteiger partial charge in [-0.1, -0.05) is 55.8 Å². The number of carbonyl (C=O) groups excluding carboxylic acids is 2. The van der Waals surface area contributed by atoms with Gasteiger partial charge in [-0.25, -0.2) is 4.79 Å². The molecule has 0 bridgehead atoms. The van der Waals surface area contributed by atoms with Crippen LogP contribution in [0.1, 0.15) is 32.3 Å². The van der Waals surface area contributed by atoms with Gasteiger partial charge in [-0.05, 0) is 67.6 Å². The number of carbonyl (C=O) groups is 2. The maximum atomic E-state index is 12.8. The molecule has 0 aliphatic carbocycles. The lowest BCUT2D eigenvalue weighted by Crippen LogP contribution is -2.52. The summed E-state index contributed by atoms with van der Waals surface area (Å²) in [6, 6.07) is 16.2. The molecule has 0 saturated carbocycles. The zero-order valence-corrected chi connectivity index (χ0v) is 19.6. The molecule has 0 radical (unpaired) electrons. The van der Waals surface area contributed by atoms with E-state index < -0.39 is 6.04 Å². The summed E-state index contributed by atoms with van der Waals surface area (Å²) in [5, 5.41) is 9.40. The second kappa shape index (κ2) is 11.9. The molecule has 1 fully saturated rings. The molecule has 32 heavy (non-hydrogen) atoms. The zero-order chi connectivity index (χ0) is 22.9. The standard InChI is InChI=1S/C25H33ClN4O2/c1-18(2)23(29-25(32)28-22-6-4-3-5-7-22)24(31)27-16-19-12-14-30(15-13-19)17-20-8-10-21(26)11-9-20/h3-11,18-19,23H,12-17H2,1-2H3,(H,27,31)(H2,28,29,32)/t23-/m0/s1. The molecule has 3 rings (SSSR count). The van der Waals surface area contributed by atoms with Gasteiger partial charge in [-0.2, -0.15) is 0 Å². The molecule has 1 saturated heterocycles. The van der Waals surface area contributed by atoms with Crippen LogP contribution in [0.25, 0.3) is 0 Å². The van der Waals surface area contributed by atoms with Gasteiger partial charge in [0.1, 0.15) is 6.04 Å². The minimum absolute atomic E-state index is 0.0160. The Kier molecular flexibility index (Phi) is 8.94. The van der Waals surface area contributed by atoms with Crippen molar-refractivity contribution in [2.45, 2.75) is 39.3 Å². The quantitative estimate of drug-likeness (QED) is 0.547. The van der Waals surface area contributed by atoms with Crippen molar-refractivity contribution >= 4 is 29.2 Å². The predicted molar refractivity (Wildman–Crippen MR) is 130 cm³/mol. The van der Waals surface area contributed by atoms with Gasteiger partial charge in [-0.15, -0.1) is 0 Å². The van der Waals surface area contributed by atoms with Crippen LogP contribution in [-0.2, 0) is 11.3 Å². The highest BCUT2D eigenvalue weighted by Crippen LogP contribution is 2.19. The van der Waals surface area contributed by atoms with E-state index in [1.807, 2.05) is 56.3 Å². The summed E-state index contributed by atoms with van der Waals surface area (Å²) in [6.45, 7) is 7.44. The third kappa shape index (κ3) is 7.53. The second-order valence-electron chi connectivity index (χ2n) is 8.78. The molecule has 3 amide bonds. The Morgan fingerprint density at radius 2 is 1.69 bits per heavy atom. The number of amides is 3. The number of nitrogens with zero attached hydrogens (tertiary/aromatic N) is 1. The van der Waals surface area contributed by atoms with Crippen LogP contribution in [0.3, 0.4) is 0 Å². The van der Waals surface area contributed by atoms with Gasteiger partial charge >= 0.3 is 6.03 Å². The van der Waals surface area contributed by atoms with Gasteiger partial charge in [0.2, 0.25) is 5.91 Å². The van der Waals surface area contributed by atoms with Crippen molar-refractivity contribution in [1.29, 1.82) is 0 Å². The lowest BCUT2D eigenvalue weighted by molar-refractivity contribution is -0.124. The van der Waals surface area contributed by atoms with Gasteiger partial charge in [-0.3, -0.25) is 9.69 Å². The molecule has 1 atom stereocenters. The highest BCUT2D eigenvalue weighted by molar-refractivity contribution is 6.30. The summed E-state index contributed by atoms with van der Waals surface area (Å²) in [6.07, 6.45) is 2.09. The monoisotopic (exact) mass is 456 g/mol. The summed E-state index contributed by atoms with van der Waals surface area (Å²) in [5.74, 6) is 0.302. The molecule has 0 aromatic heterocycles. The number of hydrogen-bond donors (Lipinski definition) is 3. The van der Waals surface area contributed by atoms with E-state index in [-0.39, 0.29) is 17.9 Å². The summed E-state index contributed by atoms with van der Waals surface area (Å²) in [5.41, 5.74) is 1.96. The maximum Gasteiger partial charge on any atom is 0.319 e. The fraction of sp³-hybridized carbons (Fsp3) is 0.440. The Morgan fingerprint density at radius 3 is 2.31 bits per heavy atom. The first-order valence-electron chi connectivity index (χ1n) is 11.3. The molecule has 0 spiro atoms. The number of halogens is 1. The summed E-state index contributed by atoms with van der Waals surface area (Å²) in [7, 11) is 0. The number of nitrogens with one attached hydrogen (secondary N) is 3. The molecule has 2 aromatic rings. The van der Waals surface area contributed by atoms with Gasteiger partial charge in [0, 0.05) is 23.8 Å². The van der Waals surface area contributed by atoms with Crippen LogP contribution < -0.4 is 16.0 Å². The number of urea groups is 1. The first-order chi connectivity index (χ1) is 15.4. The van der Waals surface area contributed by atoms with Crippen LogP contribution in [0, 0.1) is 11.8 Å². The number of piperidine rings is 1. The Balaban J connectivity index is 1.41. The third-order valence-electron chi connectivity index (χ3n) is 5.86. The number of hydrogen-bond acceptors (Lipinski definition) is 3.